The van der Waals surface area contributed by atoms with Gasteiger partial charge in [-0.25, -0.2) is 15.0 Å². The number of hydrogen-bond donors (Lipinski definition) is 0. The van der Waals surface area contributed by atoms with Gasteiger partial charge in [-0.2, -0.15) is 0 Å². The molecule has 75 heavy (non-hydrogen) atoms. The molecule has 0 N–H and O–H groups in total. The van der Waals surface area contributed by atoms with E-state index in [1.807, 2.05) is 67.0 Å². The van der Waals surface area contributed by atoms with Gasteiger partial charge in [0.1, 0.15) is 0 Å². The van der Waals surface area contributed by atoms with Crippen LogP contribution in [0, 0.1) is 0 Å². The maximum atomic E-state index is 5.19. The van der Waals surface area contributed by atoms with Gasteiger partial charge < -0.3 is 0 Å². The molecule has 0 saturated heterocycles. The molecule has 0 spiro atoms. The highest BCUT2D eigenvalue weighted by atomic mass is 15.0. The molecular formula is C70H47N5. The topological polar surface area (TPSA) is 62.9 Å². The number of benzene rings is 11. The molecule has 0 fully saturated rings. The van der Waals surface area contributed by atoms with Crippen LogP contribution in [0.25, 0.3) is 110 Å². The maximum absolute atomic E-state index is 5.19. The molecule has 13 aromatic rings. The van der Waals surface area contributed by atoms with Gasteiger partial charge in [-0.15, -0.1) is 0 Å². The van der Waals surface area contributed by atoms with Crippen LogP contribution in [0.15, 0.2) is 276 Å². The number of para-hydroxylation sites is 1. The largest absolute Gasteiger partial charge is 0.264 e. The van der Waals surface area contributed by atoms with Gasteiger partial charge in [-0.1, -0.05) is 200 Å². The van der Waals surface area contributed by atoms with E-state index in [1.54, 1.807) is 0 Å². The molecule has 0 aliphatic carbocycles. The first-order chi connectivity index (χ1) is 37.1. The second-order valence-electron chi connectivity index (χ2n) is 18.9. The lowest BCUT2D eigenvalue weighted by atomic mass is 9.89. The van der Waals surface area contributed by atoms with Crippen molar-refractivity contribution in [3.8, 4) is 55.8 Å². The smallest absolute Gasteiger partial charge is 0.161 e. The van der Waals surface area contributed by atoms with E-state index < -0.39 is 0 Å². The second-order valence-corrected chi connectivity index (χ2v) is 18.9. The Hall–Kier alpha value is -9.97. The van der Waals surface area contributed by atoms with Crippen molar-refractivity contribution in [2.75, 3.05) is 0 Å². The summed E-state index contributed by atoms with van der Waals surface area (Å²) in [6.45, 7) is 4.39. The predicted molar refractivity (Wildman–Crippen MR) is 316 cm³/mol. The van der Waals surface area contributed by atoms with Gasteiger partial charge in [-0.05, 0) is 143 Å². The third-order valence-corrected chi connectivity index (χ3v) is 14.3. The summed E-state index contributed by atoms with van der Waals surface area (Å²) in [5.74, 6) is 1.11. The lowest BCUT2D eigenvalue weighted by molar-refractivity contribution is 1.06. The molecular weight excluding hydrogens is 911 g/mol. The molecule has 0 bridgehead atoms. The molecule has 352 valence electrons. The molecule has 0 atom stereocenters. The van der Waals surface area contributed by atoms with Crippen molar-refractivity contribution in [2.45, 2.75) is 6.54 Å². The van der Waals surface area contributed by atoms with Gasteiger partial charge in [-0.3, -0.25) is 9.98 Å². The Morgan fingerprint density at radius 3 is 1.75 bits per heavy atom. The third kappa shape index (κ3) is 8.83. The van der Waals surface area contributed by atoms with Crippen molar-refractivity contribution in [2.24, 2.45) is 15.0 Å². The molecule has 0 radical (unpaired) electrons. The summed E-state index contributed by atoms with van der Waals surface area (Å²) in [6.07, 6.45) is 3.79. The van der Waals surface area contributed by atoms with E-state index >= 15 is 0 Å². The van der Waals surface area contributed by atoms with Gasteiger partial charge >= 0.3 is 0 Å². The fourth-order valence-electron chi connectivity index (χ4n) is 10.5. The number of aliphatic imine (C=N–C) groups is 3. The van der Waals surface area contributed by atoms with Gasteiger partial charge in [0.2, 0.25) is 0 Å². The highest BCUT2D eigenvalue weighted by Crippen LogP contribution is 2.40. The molecule has 2 aromatic heterocycles. The summed E-state index contributed by atoms with van der Waals surface area (Å²) in [6, 6.07) is 88.3. The van der Waals surface area contributed by atoms with E-state index in [0.29, 0.717) is 18.2 Å². The number of amidine groups is 2. The molecule has 2 heterocycles. The molecule has 11 aromatic carbocycles. The van der Waals surface area contributed by atoms with Crippen LogP contribution in [-0.2, 0) is 6.54 Å². The highest BCUT2D eigenvalue weighted by Gasteiger charge is 2.17. The third-order valence-electron chi connectivity index (χ3n) is 14.3. The Morgan fingerprint density at radius 1 is 0.387 bits per heavy atom. The van der Waals surface area contributed by atoms with E-state index in [-0.39, 0.29) is 0 Å². The van der Waals surface area contributed by atoms with Crippen molar-refractivity contribution < 1.29 is 0 Å². The van der Waals surface area contributed by atoms with Crippen molar-refractivity contribution in [1.29, 1.82) is 0 Å². The summed E-state index contributed by atoms with van der Waals surface area (Å²) in [4.78, 5) is 24.5. The first-order valence-corrected chi connectivity index (χ1v) is 25.2. The zero-order valence-corrected chi connectivity index (χ0v) is 41.0. The first kappa shape index (κ1) is 44.9. The van der Waals surface area contributed by atoms with Crippen LogP contribution in [0.1, 0.15) is 16.7 Å². The van der Waals surface area contributed by atoms with Crippen LogP contribution >= 0.6 is 0 Å². The van der Waals surface area contributed by atoms with E-state index in [2.05, 4.69) is 211 Å². The van der Waals surface area contributed by atoms with Crippen LogP contribution < -0.4 is 0 Å². The lowest BCUT2D eigenvalue weighted by Gasteiger charge is -2.15. The number of nitrogens with zero attached hydrogens (tertiary/aromatic N) is 5. The molecule has 13 rings (SSSR count). The van der Waals surface area contributed by atoms with Crippen molar-refractivity contribution in [1.82, 2.24) is 9.97 Å². The minimum Gasteiger partial charge on any atom is -0.264 e. The number of fused-ring (bicyclic) bond motifs is 6. The summed E-state index contributed by atoms with van der Waals surface area (Å²) in [7, 11) is 0. The van der Waals surface area contributed by atoms with E-state index in [4.69, 9.17) is 15.0 Å². The van der Waals surface area contributed by atoms with Crippen LogP contribution in [-0.4, -0.2) is 28.4 Å². The lowest BCUT2D eigenvalue weighted by Crippen LogP contribution is -2.06. The van der Waals surface area contributed by atoms with Crippen LogP contribution in [0.2, 0.25) is 0 Å². The van der Waals surface area contributed by atoms with Gasteiger partial charge in [0.15, 0.2) is 11.7 Å². The monoisotopic (exact) mass is 957 g/mol. The average molecular weight is 958 g/mol. The Kier molecular flexibility index (Phi) is 11.7. The van der Waals surface area contributed by atoms with Crippen LogP contribution in [0.5, 0.6) is 0 Å². The van der Waals surface area contributed by atoms with Crippen molar-refractivity contribution >= 4 is 72.4 Å². The van der Waals surface area contributed by atoms with E-state index in [0.717, 1.165) is 105 Å². The minimum atomic E-state index is 0.460. The number of hydrogen-bond acceptors (Lipinski definition) is 3. The van der Waals surface area contributed by atoms with Gasteiger partial charge in [0.05, 0.1) is 17.8 Å². The maximum Gasteiger partial charge on any atom is 0.161 e. The normalized spacial score (nSPS) is 12.0. The van der Waals surface area contributed by atoms with Gasteiger partial charge in [0, 0.05) is 39.9 Å². The zero-order chi connectivity index (χ0) is 50.1. The standard InChI is InChI=1S/C70H47N5/c1-71-69(50-17-6-3-7-18-50)75-70(73-44-46-14-4-2-5-15-46)65-24-13-22-61-60(21-12-23-62(61)65)59-42-57(49-28-26-48(27-29-49)52-31-30-47-16-8-9-19-51(47)38-52)41-58(43-59)55-33-32-54-40-56(35-34-53(54)39-55)68-66-45-72-37-36-63(66)64-20-10-11-25-67(64)74-68/h2-43,45H,1,44H2. The van der Waals surface area contributed by atoms with Crippen molar-refractivity contribution in [3.63, 3.8) is 0 Å². The number of pyridine rings is 2. The van der Waals surface area contributed by atoms with Crippen molar-refractivity contribution in [3.05, 3.63) is 278 Å². The second kappa shape index (κ2) is 19.6. The average Bonchev–Trinajstić information content (AvgIpc) is 3.50. The number of aromatic nitrogens is 2. The Labute approximate surface area is 435 Å². The Morgan fingerprint density at radius 2 is 0.960 bits per heavy atom. The van der Waals surface area contributed by atoms with Gasteiger partial charge in [0.25, 0.3) is 0 Å². The highest BCUT2D eigenvalue weighted by molar-refractivity contribution is 6.18. The minimum absolute atomic E-state index is 0.460. The van der Waals surface area contributed by atoms with Crippen LogP contribution in [0.4, 0.5) is 0 Å². The summed E-state index contributed by atoms with van der Waals surface area (Å²) >= 11 is 0. The molecule has 0 amide bonds. The Balaban J connectivity index is 0.941. The summed E-state index contributed by atoms with van der Waals surface area (Å²) in [5, 5.41) is 10.2. The van der Waals surface area contributed by atoms with E-state index in [1.165, 1.54) is 21.9 Å². The SMILES string of the molecule is C=NC(=NC(=NCc1ccccc1)c1cccc2c(-c3cc(-c4ccc(-c5ccc6ccccc6c5)cc4)cc(-c4ccc5cc(-c6nc7ccccc7c7ccncc67)ccc5c4)c3)cccc12)c1ccccc1. The molecule has 0 unspecified atom stereocenters. The first-order valence-electron chi connectivity index (χ1n) is 25.2. The quantitative estimate of drug-likeness (QED) is 0.0822. The number of rotatable bonds is 9. The fourth-order valence-corrected chi connectivity index (χ4v) is 10.5. The predicted octanol–water partition coefficient (Wildman–Crippen LogP) is 17.7. The fraction of sp³-hybridized carbons (Fsp3) is 0.0143. The molecule has 0 aliphatic rings. The van der Waals surface area contributed by atoms with Crippen LogP contribution in [0.3, 0.4) is 0 Å². The molecule has 0 aliphatic heterocycles. The molecule has 5 nitrogen and oxygen atoms in total. The zero-order valence-electron chi connectivity index (χ0n) is 41.0. The van der Waals surface area contributed by atoms with E-state index in [9.17, 15) is 0 Å². The molecule has 0 saturated carbocycles. The summed E-state index contributed by atoms with van der Waals surface area (Å²) in [5.41, 5.74) is 14.9. The summed E-state index contributed by atoms with van der Waals surface area (Å²) < 4.78 is 0. The molecule has 5 heteroatoms. The Bertz CT molecular complexity index is 4390.